The molecule has 2 amide bonds. The van der Waals surface area contributed by atoms with Gasteiger partial charge in [-0.2, -0.15) is 5.26 Å². The molecule has 9 heteroatoms. The second kappa shape index (κ2) is 12.3. The highest BCUT2D eigenvalue weighted by Gasteiger charge is 2.25. The smallest absolute Gasteiger partial charge is 0.475 e. The molecule has 0 aliphatic heterocycles. The maximum absolute atomic E-state index is 12.2. The molecule has 0 aliphatic rings. The van der Waals surface area contributed by atoms with Crippen molar-refractivity contribution >= 4 is 25.0 Å². The van der Waals surface area contributed by atoms with Gasteiger partial charge in [0.2, 0.25) is 5.91 Å². The van der Waals surface area contributed by atoms with E-state index in [1.807, 2.05) is 36.4 Å². The standard InChI is InChI=1S/C23H26BN3O5/c1-27(2)23(29)19(16-25)13-18-9-6-10-20(14-18)32-12-11-22(28)26-21(24(30)31)15-17-7-4-3-5-8-17/h3-10,13-14,21,30-31H,11-12,15H2,1-2H3,(H,26,28). The van der Waals surface area contributed by atoms with Gasteiger partial charge in [0.25, 0.3) is 5.91 Å². The Hall–Kier alpha value is -3.61. The van der Waals surface area contributed by atoms with Crippen LogP contribution in [0.4, 0.5) is 0 Å². The van der Waals surface area contributed by atoms with Crippen molar-refractivity contribution in [3.8, 4) is 11.8 Å². The highest BCUT2D eigenvalue weighted by atomic mass is 16.5. The van der Waals surface area contributed by atoms with Crippen LogP contribution in [0.3, 0.4) is 0 Å². The molecule has 0 bridgehead atoms. The summed E-state index contributed by atoms with van der Waals surface area (Å²) in [5.41, 5.74) is 1.49. The molecule has 0 spiro atoms. The van der Waals surface area contributed by atoms with Crippen molar-refractivity contribution in [1.29, 1.82) is 5.26 Å². The van der Waals surface area contributed by atoms with Crippen molar-refractivity contribution in [3.05, 3.63) is 71.3 Å². The number of nitriles is 1. The quantitative estimate of drug-likeness (QED) is 0.293. The van der Waals surface area contributed by atoms with E-state index < -0.39 is 19.0 Å². The predicted molar refractivity (Wildman–Crippen MR) is 121 cm³/mol. The summed E-state index contributed by atoms with van der Waals surface area (Å²) < 4.78 is 5.61. The van der Waals surface area contributed by atoms with Crippen LogP contribution < -0.4 is 10.1 Å². The molecular formula is C23H26BN3O5. The van der Waals surface area contributed by atoms with E-state index >= 15 is 0 Å². The number of nitrogens with one attached hydrogen (secondary N) is 1. The topological polar surface area (TPSA) is 123 Å². The number of carbonyl (C=O) groups excluding carboxylic acids is 2. The molecule has 0 aromatic heterocycles. The summed E-state index contributed by atoms with van der Waals surface area (Å²) in [5.74, 6) is -1.13. The molecule has 0 radical (unpaired) electrons. The maximum atomic E-state index is 12.2. The Labute approximate surface area is 187 Å². The van der Waals surface area contributed by atoms with Crippen LogP contribution in [-0.4, -0.2) is 60.5 Å². The third-order valence-corrected chi connectivity index (χ3v) is 4.53. The Kier molecular flexibility index (Phi) is 9.48. The van der Waals surface area contributed by atoms with E-state index in [0.29, 0.717) is 11.3 Å². The van der Waals surface area contributed by atoms with E-state index in [0.717, 1.165) is 5.56 Å². The van der Waals surface area contributed by atoms with Crippen LogP contribution >= 0.6 is 0 Å². The van der Waals surface area contributed by atoms with Crippen LogP contribution in [-0.2, 0) is 16.0 Å². The van der Waals surface area contributed by atoms with Crippen LogP contribution in [0, 0.1) is 11.3 Å². The van der Waals surface area contributed by atoms with Gasteiger partial charge in [0.05, 0.1) is 19.0 Å². The second-order valence-electron chi connectivity index (χ2n) is 7.32. The molecule has 0 fully saturated rings. The summed E-state index contributed by atoms with van der Waals surface area (Å²) in [6.45, 7) is 0.0698. The third kappa shape index (κ3) is 7.91. The van der Waals surface area contributed by atoms with E-state index in [1.165, 1.54) is 11.0 Å². The summed E-state index contributed by atoms with van der Waals surface area (Å²) in [6.07, 6.45) is 1.77. The first-order chi connectivity index (χ1) is 15.3. The van der Waals surface area contributed by atoms with Crippen LogP contribution in [0.1, 0.15) is 17.5 Å². The first-order valence-electron chi connectivity index (χ1n) is 10.1. The zero-order chi connectivity index (χ0) is 23.5. The van der Waals surface area contributed by atoms with Crippen LogP contribution in [0.2, 0.25) is 0 Å². The Balaban J connectivity index is 1.91. The highest BCUT2D eigenvalue weighted by Crippen LogP contribution is 2.17. The van der Waals surface area contributed by atoms with Gasteiger partial charge in [-0.1, -0.05) is 42.5 Å². The monoisotopic (exact) mass is 435 g/mol. The fourth-order valence-electron chi connectivity index (χ4n) is 2.88. The number of ether oxygens (including phenoxy) is 1. The van der Waals surface area contributed by atoms with Gasteiger partial charge in [-0.3, -0.25) is 9.59 Å². The molecule has 1 atom stereocenters. The van der Waals surface area contributed by atoms with Gasteiger partial charge < -0.3 is 25.0 Å². The summed E-state index contributed by atoms with van der Waals surface area (Å²) in [7, 11) is 1.44. The average Bonchev–Trinajstić information content (AvgIpc) is 2.77. The van der Waals surface area contributed by atoms with Crippen molar-refractivity contribution in [2.45, 2.75) is 18.8 Å². The minimum atomic E-state index is -1.69. The number of rotatable bonds is 10. The van der Waals surface area contributed by atoms with Crippen molar-refractivity contribution in [2.24, 2.45) is 0 Å². The normalized spacial score (nSPS) is 11.8. The molecule has 0 saturated heterocycles. The minimum absolute atomic E-state index is 0.00135. The molecule has 3 N–H and O–H groups in total. The van der Waals surface area contributed by atoms with Gasteiger partial charge in [0.1, 0.15) is 17.4 Å². The van der Waals surface area contributed by atoms with E-state index in [4.69, 9.17) is 4.74 Å². The minimum Gasteiger partial charge on any atom is -0.493 e. The zero-order valence-corrected chi connectivity index (χ0v) is 18.1. The van der Waals surface area contributed by atoms with Gasteiger partial charge in [0.15, 0.2) is 0 Å². The highest BCUT2D eigenvalue weighted by molar-refractivity contribution is 6.43. The second-order valence-corrected chi connectivity index (χ2v) is 7.32. The summed E-state index contributed by atoms with van der Waals surface area (Å²) in [5, 5.41) is 31.0. The molecule has 0 saturated carbocycles. The molecular weight excluding hydrogens is 409 g/mol. The maximum Gasteiger partial charge on any atom is 0.475 e. The number of hydrogen-bond donors (Lipinski definition) is 3. The summed E-state index contributed by atoms with van der Waals surface area (Å²) in [4.78, 5) is 25.5. The number of amides is 2. The summed E-state index contributed by atoms with van der Waals surface area (Å²) in [6, 6.07) is 17.9. The van der Waals surface area contributed by atoms with Crippen LogP contribution in [0.5, 0.6) is 5.75 Å². The molecule has 2 aromatic rings. The number of benzene rings is 2. The lowest BCUT2D eigenvalue weighted by Gasteiger charge is -2.18. The van der Waals surface area contributed by atoms with Gasteiger partial charge in [-0.25, -0.2) is 0 Å². The van der Waals surface area contributed by atoms with Crippen molar-refractivity contribution in [3.63, 3.8) is 0 Å². The Bertz CT molecular complexity index is 987. The number of carbonyl (C=O) groups is 2. The molecule has 166 valence electrons. The predicted octanol–water partition coefficient (Wildman–Crippen LogP) is 1.19. The first kappa shape index (κ1) is 24.7. The molecule has 1 unspecified atom stereocenters. The van der Waals surface area contributed by atoms with Crippen LogP contribution in [0.25, 0.3) is 6.08 Å². The van der Waals surface area contributed by atoms with Gasteiger partial charge >= 0.3 is 7.12 Å². The van der Waals surface area contributed by atoms with E-state index in [-0.39, 0.29) is 30.9 Å². The van der Waals surface area contributed by atoms with E-state index in [2.05, 4.69) is 5.32 Å². The Morgan fingerprint density at radius 3 is 2.53 bits per heavy atom. The lowest BCUT2D eigenvalue weighted by Crippen LogP contribution is -2.48. The molecule has 0 aliphatic carbocycles. The fourth-order valence-corrected chi connectivity index (χ4v) is 2.88. The van der Waals surface area contributed by atoms with E-state index in [1.54, 1.807) is 38.4 Å². The Morgan fingerprint density at radius 1 is 1.19 bits per heavy atom. The van der Waals surface area contributed by atoms with Crippen molar-refractivity contribution in [2.75, 3.05) is 20.7 Å². The van der Waals surface area contributed by atoms with Gasteiger partial charge in [0, 0.05) is 14.1 Å². The van der Waals surface area contributed by atoms with Crippen molar-refractivity contribution < 1.29 is 24.4 Å². The molecule has 2 aromatic carbocycles. The lowest BCUT2D eigenvalue weighted by atomic mass is 9.76. The number of hydrogen-bond acceptors (Lipinski definition) is 6. The Morgan fingerprint density at radius 2 is 1.91 bits per heavy atom. The lowest BCUT2D eigenvalue weighted by molar-refractivity contribution is -0.124. The largest absolute Gasteiger partial charge is 0.493 e. The number of likely N-dealkylation sites (N-methyl/N-ethyl adjacent to an activating group) is 1. The molecule has 8 nitrogen and oxygen atoms in total. The average molecular weight is 435 g/mol. The van der Waals surface area contributed by atoms with E-state index in [9.17, 15) is 24.9 Å². The number of nitrogens with zero attached hydrogens (tertiary/aromatic N) is 2. The third-order valence-electron chi connectivity index (χ3n) is 4.53. The first-order valence-corrected chi connectivity index (χ1v) is 10.1. The van der Waals surface area contributed by atoms with Gasteiger partial charge in [-0.15, -0.1) is 0 Å². The fraction of sp³-hybridized carbons (Fsp3) is 0.261. The van der Waals surface area contributed by atoms with Gasteiger partial charge in [-0.05, 0) is 35.8 Å². The molecule has 0 heterocycles. The zero-order valence-electron chi connectivity index (χ0n) is 18.1. The van der Waals surface area contributed by atoms with Crippen molar-refractivity contribution in [1.82, 2.24) is 10.2 Å². The molecule has 2 rings (SSSR count). The SMILES string of the molecule is CN(C)C(=O)C(C#N)=Cc1cccc(OCCC(=O)NC(Cc2ccccc2)B(O)O)c1. The molecule has 32 heavy (non-hydrogen) atoms. The van der Waals surface area contributed by atoms with Crippen LogP contribution in [0.15, 0.2) is 60.2 Å². The summed E-state index contributed by atoms with van der Waals surface area (Å²) >= 11 is 0.